The fraction of sp³-hybridized carbons (Fsp3) is 0.722. The molecular weight excluding hydrogens is 349 g/mol. The van der Waals surface area contributed by atoms with Gasteiger partial charge in [0.2, 0.25) is 0 Å². The average Bonchev–Trinajstić information content (AvgIpc) is 2.92. The summed E-state index contributed by atoms with van der Waals surface area (Å²) < 4.78 is 23.3. The van der Waals surface area contributed by atoms with Crippen molar-refractivity contribution in [2.24, 2.45) is 11.3 Å². The van der Waals surface area contributed by atoms with Crippen LogP contribution in [0.3, 0.4) is 0 Å². The summed E-state index contributed by atoms with van der Waals surface area (Å²) >= 11 is 0. The summed E-state index contributed by atoms with van der Waals surface area (Å²) in [5.74, 6) is 0.612. The molecule has 6 nitrogen and oxygen atoms in total. The first-order chi connectivity index (χ1) is 12.1. The smallest absolute Gasteiger partial charge is 0.192 e. The second-order valence-electron chi connectivity index (χ2n) is 9.52. The summed E-state index contributed by atoms with van der Waals surface area (Å²) in [4.78, 5) is 12.6. The predicted molar refractivity (Wildman–Crippen MR) is 102 cm³/mol. The number of anilines is 1. The molecule has 0 aliphatic heterocycles. The first kappa shape index (κ1) is 17.9. The molecule has 2 heterocycles. The van der Waals surface area contributed by atoms with Gasteiger partial charge in [0.1, 0.15) is 18.0 Å². The molecule has 4 rings (SSSR count). The molecule has 0 spiro atoms. The number of hydrogen-bond acceptors (Lipinski definition) is 5. The lowest BCUT2D eigenvalue weighted by Crippen LogP contribution is -2.42. The fourth-order valence-electron chi connectivity index (χ4n) is 4.08. The number of nitrogen functional groups attached to an aromatic ring is 1. The van der Waals surface area contributed by atoms with Gasteiger partial charge in [-0.3, -0.25) is 0 Å². The number of imidazole rings is 1. The monoisotopic (exact) mass is 377 g/mol. The van der Waals surface area contributed by atoms with Crippen molar-refractivity contribution in [2.75, 3.05) is 12.3 Å². The van der Waals surface area contributed by atoms with E-state index in [1.165, 1.54) is 6.33 Å². The van der Waals surface area contributed by atoms with Crippen molar-refractivity contribution in [1.82, 2.24) is 19.5 Å². The van der Waals surface area contributed by atoms with Crippen LogP contribution in [0.15, 0.2) is 12.7 Å². The van der Waals surface area contributed by atoms with Crippen LogP contribution in [0.25, 0.3) is 11.2 Å². The highest BCUT2D eigenvalue weighted by atomic mass is 28.4. The van der Waals surface area contributed by atoms with Gasteiger partial charge in [-0.25, -0.2) is 19.3 Å². The summed E-state index contributed by atoms with van der Waals surface area (Å²) in [6.45, 7) is 11.9. The van der Waals surface area contributed by atoms with Crippen LogP contribution in [0.5, 0.6) is 0 Å². The molecule has 2 aliphatic rings. The summed E-state index contributed by atoms with van der Waals surface area (Å²) in [6, 6.07) is -0.239. The Morgan fingerprint density at radius 3 is 2.73 bits per heavy atom. The van der Waals surface area contributed by atoms with Crippen molar-refractivity contribution in [2.45, 2.75) is 64.0 Å². The van der Waals surface area contributed by atoms with Gasteiger partial charge in [0.25, 0.3) is 0 Å². The zero-order valence-electron chi connectivity index (χ0n) is 16.2. The van der Waals surface area contributed by atoms with Gasteiger partial charge in [-0.05, 0) is 36.9 Å². The molecular formula is C18H28FN5OSi. The van der Waals surface area contributed by atoms with Gasteiger partial charge in [0.15, 0.2) is 19.8 Å². The number of hydrogen-bond donors (Lipinski definition) is 1. The lowest BCUT2D eigenvalue weighted by Gasteiger charge is -2.37. The highest BCUT2D eigenvalue weighted by molar-refractivity contribution is 6.74. The minimum Gasteiger partial charge on any atom is -0.416 e. The van der Waals surface area contributed by atoms with E-state index in [0.717, 1.165) is 6.42 Å². The molecule has 1 unspecified atom stereocenters. The Morgan fingerprint density at radius 2 is 2.04 bits per heavy atom. The maximum Gasteiger partial charge on any atom is 0.192 e. The molecule has 0 saturated heterocycles. The molecule has 2 aliphatic carbocycles. The molecule has 26 heavy (non-hydrogen) atoms. The maximum atomic E-state index is 15.0. The number of halogens is 1. The van der Waals surface area contributed by atoms with Crippen LogP contribution >= 0.6 is 0 Å². The quantitative estimate of drug-likeness (QED) is 0.822. The standard InChI is InChI=1S/C18H28FN5OSi/c1-17(2,3)26(4,5)25-8-18-6-11(18)14(12(19)7-18)24-10-23-13-15(20)21-9-22-16(13)24/h9-12,14H,6-8H2,1-5H3,(H2,20,21,22)/t11-,12-,14?,18+/m1/s1. The summed E-state index contributed by atoms with van der Waals surface area (Å²) in [5.41, 5.74) is 7.02. The molecule has 2 aromatic rings. The van der Waals surface area contributed by atoms with Crippen LogP contribution in [0.4, 0.5) is 10.2 Å². The van der Waals surface area contributed by atoms with E-state index < -0.39 is 14.5 Å². The van der Waals surface area contributed by atoms with Crippen LogP contribution in [-0.4, -0.2) is 40.6 Å². The molecule has 0 aromatic carbocycles. The maximum absolute atomic E-state index is 15.0. The Labute approximate surface area is 154 Å². The normalized spacial score (nSPS) is 31.4. The zero-order valence-corrected chi connectivity index (χ0v) is 17.2. The van der Waals surface area contributed by atoms with Gasteiger partial charge < -0.3 is 14.7 Å². The van der Waals surface area contributed by atoms with Crippen molar-refractivity contribution in [3.63, 3.8) is 0 Å². The molecule has 2 N–H and O–H groups in total. The average molecular weight is 378 g/mol. The lowest BCUT2D eigenvalue weighted by molar-refractivity contribution is 0.186. The Bertz CT molecular complexity index is 848. The van der Waals surface area contributed by atoms with Gasteiger partial charge in [-0.15, -0.1) is 0 Å². The van der Waals surface area contributed by atoms with E-state index in [0.29, 0.717) is 30.0 Å². The van der Waals surface area contributed by atoms with E-state index in [4.69, 9.17) is 10.2 Å². The zero-order chi connectivity index (χ0) is 18.9. The second-order valence-corrected chi connectivity index (χ2v) is 14.3. The Morgan fingerprint density at radius 1 is 1.31 bits per heavy atom. The molecule has 0 bridgehead atoms. The Hall–Kier alpha value is -1.54. The third-order valence-electron chi connectivity index (χ3n) is 6.87. The van der Waals surface area contributed by atoms with Gasteiger partial charge in [-0.2, -0.15) is 0 Å². The van der Waals surface area contributed by atoms with E-state index in [-0.39, 0.29) is 22.4 Å². The van der Waals surface area contributed by atoms with E-state index in [1.807, 2.05) is 4.57 Å². The van der Waals surface area contributed by atoms with Crippen molar-refractivity contribution in [1.29, 1.82) is 0 Å². The van der Waals surface area contributed by atoms with Gasteiger partial charge in [-0.1, -0.05) is 20.8 Å². The van der Waals surface area contributed by atoms with Gasteiger partial charge in [0.05, 0.1) is 12.4 Å². The highest BCUT2D eigenvalue weighted by Gasteiger charge is 2.67. The minimum atomic E-state index is -1.83. The second kappa shape index (κ2) is 5.48. The van der Waals surface area contributed by atoms with E-state index in [9.17, 15) is 4.39 Å². The minimum absolute atomic E-state index is 0.0330. The van der Waals surface area contributed by atoms with Crippen molar-refractivity contribution < 1.29 is 8.82 Å². The molecule has 4 atom stereocenters. The van der Waals surface area contributed by atoms with Gasteiger partial charge in [0, 0.05) is 12.0 Å². The summed E-state index contributed by atoms with van der Waals surface area (Å²) in [7, 11) is -1.83. The van der Waals surface area contributed by atoms with Crippen LogP contribution in [0.1, 0.15) is 39.7 Å². The number of nitrogens with two attached hydrogens (primary N) is 1. The van der Waals surface area contributed by atoms with Crippen LogP contribution < -0.4 is 5.73 Å². The van der Waals surface area contributed by atoms with E-state index in [1.54, 1.807) is 6.33 Å². The number of alkyl halides is 1. The Balaban J connectivity index is 1.56. The first-order valence-electron chi connectivity index (χ1n) is 9.27. The van der Waals surface area contributed by atoms with Crippen molar-refractivity contribution in [3.05, 3.63) is 12.7 Å². The molecule has 8 heteroatoms. The topological polar surface area (TPSA) is 78.9 Å². The number of rotatable bonds is 4. The van der Waals surface area contributed by atoms with E-state index in [2.05, 4.69) is 48.8 Å². The molecule has 2 aromatic heterocycles. The number of nitrogens with zero attached hydrogens (tertiary/aromatic N) is 4. The number of aromatic nitrogens is 4. The van der Waals surface area contributed by atoms with Crippen LogP contribution in [-0.2, 0) is 4.43 Å². The summed E-state index contributed by atoms with van der Waals surface area (Å²) in [6.07, 6.45) is 3.73. The summed E-state index contributed by atoms with van der Waals surface area (Å²) in [5, 5.41) is 0.163. The molecule has 2 fully saturated rings. The molecule has 142 valence electrons. The highest BCUT2D eigenvalue weighted by Crippen LogP contribution is 2.69. The third kappa shape index (κ3) is 2.57. The SMILES string of the molecule is CC(C)(C)[Si](C)(C)OC[C@]12C[C@@H](F)C(n3cnc4c(N)ncnc43)[C@H]1C2. The number of fused-ring (bicyclic) bond motifs is 2. The first-order valence-corrected chi connectivity index (χ1v) is 12.2. The van der Waals surface area contributed by atoms with E-state index >= 15 is 0 Å². The third-order valence-corrected chi connectivity index (χ3v) is 11.4. The largest absolute Gasteiger partial charge is 0.416 e. The van der Waals surface area contributed by atoms with Crippen LogP contribution in [0, 0.1) is 11.3 Å². The van der Waals surface area contributed by atoms with Crippen molar-refractivity contribution in [3.8, 4) is 0 Å². The molecule has 0 radical (unpaired) electrons. The lowest BCUT2D eigenvalue weighted by atomic mass is 10.1. The molecule has 2 saturated carbocycles. The predicted octanol–water partition coefficient (Wildman–Crippen LogP) is 3.72. The fourth-order valence-corrected chi connectivity index (χ4v) is 5.16. The Kier molecular flexibility index (Phi) is 3.76. The van der Waals surface area contributed by atoms with Crippen molar-refractivity contribution >= 4 is 25.3 Å². The molecule has 0 amide bonds. The van der Waals surface area contributed by atoms with Crippen LogP contribution in [0.2, 0.25) is 18.1 Å². The van der Waals surface area contributed by atoms with Gasteiger partial charge >= 0.3 is 0 Å².